The highest BCUT2D eigenvalue weighted by atomic mass is 19.4. The number of amides is 2. The molecule has 1 aromatic rings. The number of alkyl carbamates (subject to hydrolysis) is 1. The summed E-state index contributed by atoms with van der Waals surface area (Å²) in [5.41, 5.74) is -0.259. The lowest BCUT2D eigenvalue weighted by Gasteiger charge is -2.45. The van der Waals surface area contributed by atoms with E-state index in [1.54, 1.807) is 4.90 Å². The zero-order valence-electron chi connectivity index (χ0n) is 15.4. The van der Waals surface area contributed by atoms with Crippen molar-refractivity contribution in [2.75, 3.05) is 19.7 Å². The van der Waals surface area contributed by atoms with Crippen LogP contribution in [0.4, 0.5) is 22.4 Å². The van der Waals surface area contributed by atoms with Crippen molar-refractivity contribution in [3.63, 3.8) is 0 Å². The third kappa shape index (κ3) is 4.11. The van der Waals surface area contributed by atoms with Crippen LogP contribution in [0.1, 0.15) is 37.2 Å². The number of rotatable bonds is 3. The molecule has 2 amide bonds. The Bertz CT molecular complexity index is 815. The monoisotopic (exact) mass is 416 g/mol. The first-order valence-electron chi connectivity index (χ1n) is 9.43. The van der Waals surface area contributed by atoms with Crippen molar-refractivity contribution in [2.24, 2.45) is 5.92 Å². The lowest BCUT2D eigenvalue weighted by atomic mass is 9.68. The molecule has 2 aliphatic heterocycles. The Balaban J connectivity index is 1.33. The number of cyclic esters (lactones) is 1. The number of ether oxygens (including phenoxy) is 2. The van der Waals surface area contributed by atoms with Gasteiger partial charge in [0.15, 0.2) is 0 Å². The minimum absolute atomic E-state index is 0.00940. The smallest absolute Gasteiger partial charge is 0.447 e. The maximum atomic E-state index is 14.2. The lowest BCUT2D eigenvalue weighted by molar-refractivity contribution is -0.274. The standard InChI is InChI=1S/C19H20F4N2O4/c20-15-2-1-13(29-19(21,22)23)7-14(15)11-3-5-25(6-4-11)16(26)12-8-18(9-12)10-28-17(27)24-18/h1-2,7,11-12H,3-6,8-10H2,(H,24,27). The average molecular weight is 416 g/mol. The number of nitrogens with one attached hydrogen (secondary N) is 1. The van der Waals surface area contributed by atoms with E-state index in [1.165, 1.54) is 0 Å². The molecule has 4 rings (SSSR count). The number of benzene rings is 1. The second kappa shape index (κ2) is 7.07. The zero-order valence-corrected chi connectivity index (χ0v) is 15.4. The van der Waals surface area contributed by atoms with Gasteiger partial charge < -0.3 is 19.7 Å². The van der Waals surface area contributed by atoms with Gasteiger partial charge in [-0.3, -0.25) is 4.79 Å². The molecule has 1 saturated carbocycles. The van der Waals surface area contributed by atoms with Gasteiger partial charge in [0.2, 0.25) is 5.91 Å². The minimum atomic E-state index is -4.84. The normalized spacial score (nSPS) is 27.4. The molecule has 0 unspecified atom stereocenters. The van der Waals surface area contributed by atoms with Gasteiger partial charge in [-0.1, -0.05) is 0 Å². The lowest BCUT2D eigenvalue weighted by Crippen LogP contribution is -2.58. The van der Waals surface area contributed by atoms with Crippen LogP contribution >= 0.6 is 0 Å². The van der Waals surface area contributed by atoms with Gasteiger partial charge in [-0.2, -0.15) is 0 Å². The van der Waals surface area contributed by atoms with Crippen LogP contribution in [0.25, 0.3) is 0 Å². The summed E-state index contributed by atoms with van der Waals surface area (Å²) in [4.78, 5) is 25.6. The van der Waals surface area contributed by atoms with Gasteiger partial charge in [0.1, 0.15) is 18.2 Å². The highest BCUT2D eigenvalue weighted by Gasteiger charge is 2.53. The molecule has 10 heteroatoms. The predicted octanol–water partition coefficient (Wildman–Crippen LogP) is 3.32. The van der Waals surface area contributed by atoms with Crippen LogP contribution in [0.15, 0.2) is 18.2 Å². The fourth-order valence-electron chi connectivity index (χ4n) is 4.47. The van der Waals surface area contributed by atoms with Crippen molar-refractivity contribution in [2.45, 2.75) is 43.5 Å². The summed E-state index contributed by atoms with van der Waals surface area (Å²) >= 11 is 0. The van der Waals surface area contributed by atoms with Crippen molar-refractivity contribution in [1.29, 1.82) is 0 Å². The molecule has 0 atom stereocenters. The highest BCUT2D eigenvalue weighted by molar-refractivity contribution is 5.81. The van der Waals surface area contributed by atoms with Gasteiger partial charge in [-0.05, 0) is 55.4 Å². The van der Waals surface area contributed by atoms with Crippen LogP contribution in [0.5, 0.6) is 5.75 Å². The van der Waals surface area contributed by atoms with Gasteiger partial charge >= 0.3 is 12.5 Å². The Hall–Kier alpha value is -2.52. The van der Waals surface area contributed by atoms with E-state index in [4.69, 9.17) is 4.74 Å². The molecule has 2 saturated heterocycles. The van der Waals surface area contributed by atoms with Crippen molar-refractivity contribution in [3.05, 3.63) is 29.6 Å². The van der Waals surface area contributed by atoms with Crippen molar-refractivity contribution in [3.8, 4) is 5.75 Å². The molecule has 0 aromatic heterocycles. The van der Waals surface area contributed by atoms with Gasteiger partial charge in [-0.25, -0.2) is 9.18 Å². The zero-order chi connectivity index (χ0) is 20.8. The molecule has 1 spiro atoms. The SMILES string of the molecule is O=C1NC2(CO1)CC(C(=O)N1CCC(c3cc(OC(F)(F)F)ccc3F)CC1)C2. The first kappa shape index (κ1) is 19.8. The van der Waals surface area contributed by atoms with E-state index in [1.807, 2.05) is 0 Å². The Labute approximate surface area is 164 Å². The Kier molecular flexibility index (Phi) is 4.82. The largest absolute Gasteiger partial charge is 0.573 e. The quantitative estimate of drug-likeness (QED) is 0.768. The second-order valence-corrected chi connectivity index (χ2v) is 7.92. The average Bonchev–Trinajstić information content (AvgIpc) is 3.03. The van der Waals surface area contributed by atoms with Crippen LogP contribution in [0.2, 0.25) is 0 Å². The van der Waals surface area contributed by atoms with Crippen LogP contribution < -0.4 is 10.1 Å². The molecule has 0 radical (unpaired) electrons. The summed E-state index contributed by atoms with van der Waals surface area (Å²) in [5.74, 6) is -1.51. The summed E-state index contributed by atoms with van der Waals surface area (Å²) in [6.45, 7) is 1.08. The van der Waals surface area contributed by atoms with Gasteiger partial charge in [0.25, 0.3) is 0 Å². The summed E-state index contributed by atoms with van der Waals surface area (Å²) in [6.07, 6.45) is -3.33. The topological polar surface area (TPSA) is 67.9 Å². The number of hydrogen-bond acceptors (Lipinski definition) is 4. The summed E-state index contributed by atoms with van der Waals surface area (Å²) in [5, 5.41) is 2.75. The Morgan fingerprint density at radius 1 is 1.24 bits per heavy atom. The molecule has 2 heterocycles. The first-order chi connectivity index (χ1) is 13.6. The maximum absolute atomic E-state index is 14.2. The summed E-state index contributed by atoms with van der Waals surface area (Å²) < 4.78 is 60.2. The van der Waals surface area contributed by atoms with Crippen molar-refractivity contribution < 1.29 is 36.6 Å². The van der Waals surface area contributed by atoms with Gasteiger partial charge in [-0.15, -0.1) is 13.2 Å². The second-order valence-electron chi connectivity index (χ2n) is 7.92. The van der Waals surface area contributed by atoms with Crippen LogP contribution in [-0.2, 0) is 9.53 Å². The number of carbonyl (C=O) groups is 2. The first-order valence-corrected chi connectivity index (χ1v) is 9.43. The molecule has 3 fully saturated rings. The van der Waals surface area contributed by atoms with Gasteiger partial charge in [0.05, 0.1) is 5.54 Å². The molecule has 0 bridgehead atoms. The highest BCUT2D eigenvalue weighted by Crippen LogP contribution is 2.42. The van der Waals surface area contributed by atoms with Gasteiger partial charge in [0, 0.05) is 19.0 Å². The number of alkyl halides is 3. The third-order valence-corrected chi connectivity index (χ3v) is 5.92. The van der Waals surface area contributed by atoms with Crippen molar-refractivity contribution >= 4 is 12.0 Å². The molecule has 1 aromatic carbocycles. The number of likely N-dealkylation sites (tertiary alicyclic amines) is 1. The fraction of sp³-hybridized carbons (Fsp3) is 0.579. The van der Waals surface area contributed by atoms with E-state index in [0.717, 1.165) is 18.2 Å². The third-order valence-electron chi connectivity index (χ3n) is 5.92. The minimum Gasteiger partial charge on any atom is -0.447 e. The molecule has 3 aliphatic rings. The van der Waals surface area contributed by atoms with E-state index < -0.39 is 29.6 Å². The maximum Gasteiger partial charge on any atom is 0.573 e. The molecule has 1 aliphatic carbocycles. The van der Waals surface area contributed by atoms with E-state index in [2.05, 4.69) is 10.1 Å². The number of carbonyl (C=O) groups excluding carboxylic acids is 2. The van der Waals surface area contributed by atoms with Crippen LogP contribution in [0.3, 0.4) is 0 Å². The summed E-state index contributed by atoms with van der Waals surface area (Å²) in [6, 6.07) is 3.01. The van der Waals surface area contributed by atoms with E-state index in [9.17, 15) is 27.2 Å². The van der Waals surface area contributed by atoms with Crippen molar-refractivity contribution in [1.82, 2.24) is 10.2 Å². The fourth-order valence-corrected chi connectivity index (χ4v) is 4.47. The molecular formula is C19H20F4N2O4. The predicted molar refractivity (Wildman–Crippen MR) is 91.6 cm³/mol. The number of nitrogens with zero attached hydrogens (tertiary/aromatic N) is 1. The number of halogens is 4. The molecule has 29 heavy (non-hydrogen) atoms. The summed E-state index contributed by atoms with van der Waals surface area (Å²) in [7, 11) is 0. The molecule has 1 N–H and O–H groups in total. The van der Waals surface area contributed by atoms with E-state index >= 15 is 0 Å². The van der Waals surface area contributed by atoms with Crippen LogP contribution in [-0.4, -0.2) is 48.5 Å². The molecule has 158 valence electrons. The van der Waals surface area contributed by atoms with E-state index in [0.29, 0.717) is 38.8 Å². The van der Waals surface area contributed by atoms with Crippen LogP contribution in [0, 0.1) is 11.7 Å². The van der Waals surface area contributed by atoms with E-state index in [-0.39, 0.29) is 29.9 Å². The molecular weight excluding hydrogens is 396 g/mol. The Morgan fingerprint density at radius 2 is 1.93 bits per heavy atom. The number of hydrogen-bond donors (Lipinski definition) is 1. The molecule has 6 nitrogen and oxygen atoms in total. The Morgan fingerprint density at radius 3 is 2.52 bits per heavy atom. The number of piperidine rings is 1.